The number of unbranched alkanes of at least 4 members (excludes halogenated alkanes) is 1. The monoisotopic (exact) mass is 194 g/mol. The zero-order valence-corrected chi connectivity index (χ0v) is 8.70. The highest BCUT2D eigenvalue weighted by Gasteiger charge is 1.99. The number of amides is 1. The van der Waals surface area contributed by atoms with E-state index in [-0.39, 0.29) is 5.91 Å². The quantitative estimate of drug-likeness (QED) is 0.688. The van der Waals surface area contributed by atoms with E-state index in [1.165, 1.54) is 0 Å². The summed E-state index contributed by atoms with van der Waals surface area (Å²) >= 11 is 0. The summed E-state index contributed by atoms with van der Waals surface area (Å²) in [6.07, 6.45) is 6.70. The minimum atomic E-state index is 0.146. The third-order valence-electron chi connectivity index (χ3n) is 2.12. The van der Waals surface area contributed by atoms with Gasteiger partial charge in [0.1, 0.15) is 0 Å². The molecule has 0 aliphatic carbocycles. The Labute approximate surface area is 85.1 Å². The Kier molecular flexibility index (Phi) is 4.83. The number of carbonyl (C=O) groups is 1. The van der Waals surface area contributed by atoms with Crippen LogP contribution < -0.4 is 5.32 Å². The van der Waals surface area contributed by atoms with Crippen LogP contribution in [0.5, 0.6) is 0 Å². The summed E-state index contributed by atoms with van der Waals surface area (Å²) in [5.74, 6) is 0.146. The van der Waals surface area contributed by atoms with E-state index in [0.717, 1.165) is 25.9 Å². The molecule has 1 N–H and O–H groups in total. The predicted molar refractivity (Wildman–Crippen MR) is 57.0 cm³/mol. The largest absolute Gasteiger partial charge is 0.356 e. The van der Waals surface area contributed by atoms with E-state index >= 15 is 0 Å². The van der Waals surface area contributed by atoms with Crippen LogP contribution in [0.2, 0.25) is 0 Å². The Morgan fingerprint density at radius 2 is 2.07 bits per heavy atom. The second-order valence-electron chi connectivity index (χ2n) is 3.37. The van der Waals surface area contributed by atoms with Crippen molar-refractivity contribution in [2.45, 2.75) is 32.7 Å². The molecule has 14 heavy (non-hydrogen) atoms. The van der Waals surface area contributed by atoms with E-state index < -0.39 is 0 Å². The third kappa shape index (κ3) is 4.12. The summed E-state index contributed by atoms with van der Waals surface area (Å²) in [5.41, 5.74) is 0. The second-order valence-corrected chi connectivity index (χ2v) is 3.37. The number of nitrogens with zero attached hydrogens (tertiary/aromatic N) is 1. The fraction of sp³-hybridized carbons (Fsp3) is 0.545. The van der Waals surface area contributed by atoms with Crippen molar-refractivity contribution < 1.29 is 4.79 Å². The lowest BCUT2D eigenvalue weighted by atomic mass is 10.3. The predicted octanol–water partition coefficient (Wildman–Crippen LogP) is 1.79. The first kappa shape index (κ1) is 10.8. The molecule has 0 aliphatic heterocycles. The van der Waals surface area contributed by atoms with E-state index in [1.54, 1.807) is 0 Å². The molecule has 0 radical (unpaired) electrons. The van der Waals surface area contributed by atoms with Crippen molar-refractivity contribution in [1.82, 2.24) is 9.88 Å². The maximum Gasteiger partial charge on any atom is 0.221 e. The molecule has 1 aromatic rings. The Morgan fingerprint density at radius 3 is 2.71 bits per heavy atom. The van der Waals surface area contributed by atoms with Gasteiger partial charge in [-0.05, 0) is 18.6 Å². The molecule has 0 spiro atoms. The first-order valence-corrected chi connectivity index (χ1v) is 5.20. The van der Waals surface area contributed by atoms with Gasteiger partial charge in [0.25, 0.3) is 0 Å². The van der Waals surface area contributed by atoms with E-state index in [2.05, 4.69) is 12.2 Å². The fourth-order valence-corrected chi connectivity index (χ4v) is 1.24. The van der Waals surface area contributed by atoms with Gasteiger partial charge in [0, 0.05) is 31.9 Å². The summed E-state index contributed by atoms with van der Waals surface area (Å²) < 4.78 is 2.01. The number of carbonyl (C=O) groups excluding carboxylic acids is 1. The van der Waals surface area contributed by atoms with E-state index in [1.807, 2.05) is 29.1 Å². The van der Waals surface area contributed by atoms with Crippen LogP contribution in [-0.4, -0.2) is 17.0 Å². The minimum absolute atomic E-state index is 0.146. The molecule has 1 amide bonds. The molecule has 0 fully saturated rings. The highest BCUT2D eigenvalue weighted by molar-refractivity contribution is 5.75. The van der Waals surface area contributed by atoms with Gasteiger partial charge in [-0.15, -0.1) is 0 Å². The molecule has 1 heterocycles. The lowest BCUT2D eigenvalue weighted by Gasteiger charge is -2.04. The average Bonchev–Trinajstić information content (AvgIpc) is 2.68. The Bertz CT molecular complexity index is 254. The van der Waals surface area contributed by atoms with Crippen LogP contribution in [0.3, 0.4) is 0 Å². The van der Waals surface area contributed by atoms with Crippen molar-refractivity contribution in [1.29, 1.82) is 0 Å². The first-order valence-electron chi connectivity index (χ1n) is 5.20. The molecule has 0 saturated heterocycles. The van der Waals surface area contributed by atoms with Crippen LogP contribution in [0, 0.1) is 0 Å². The highest BCUT2D eigenvalue weighted by atomic mass is 16.1. The van der Waals surface area contributed by atoms with Crippen molar-refractivity contribution in [2.75, 3.05) is 6.54 Å². The molecule has 0 saturated carbocycles. The Hall–Kier alpha value is -1.25. The van der Waals surface area contributed by atoms with Gasteiger partial charge in [-0.1, -0.05) is 13.3 Å². The van der Waals surface area contributed by atoms with Crippen LogP contribution in [0.1, 0.15) is 26.2 Å². The Morgan fingerprint density at radius 1 is 1.36 bits per heavy atom. The van der Waals surface area contributed by atoms with Crippen molar-refractivity contribution in [3.63, 3.8) is 0 Å². The van der Waals surface area contributed by atoms with E-state index in [9.17, 15) is 4.79 Å². The molecule has 0 bridgehead atoms. The summed E-state index contributed by atoms with van der Waals surface area (Å²) in [7, 11) is 0. The van der Waals surface area contributed by atoms with Crippen molar-refractivity contribution >= 4 is 5.91 Å². The highest BCUT2D eigenvalue weighted by Crippen LogP contribution is 1.93. The minimum Gasteiger partial charge on any atom is -0.356 e. The number of hydrogen-bond acceptors (Lipinski definition) is 1. The summed E-state index contributed by atoms with van der Waals surface area (Å²) in [6.45, 7) is 3.69. The lowest BCUT2D eigenvalue weighted by molar-refractivity contribution is -0.121. The number of nitrogens with one attached hydrogen (secondary N) is 1. The molecular weight excluding hydrogens is 176 g/mol. The molecule has 3 heteroatoms. The van der Waals surface area contributed by atoms with E-state index in [4.69, 9.17) is 0 Å². The number of aryl methyl sites for hydroxylation is 1. The van der Waals surface area contributed by atoms with Crippen LogP contribution in [0.15, 0.2) is 24.5 Å². The number of aromatic nitrogens is 1. The summed E-state index contributed by atoms with van der Waals surface area (Å²) in [4.78, 5) is 11.3. The molecule has 0 atom stereocenters. The second kappa shape index (κ2) is 6.24. The maximum atomic E-state index is 11.3. The van der Waals surface area contributed by atoms with Crippen molar-refractivity contribution in [2.24, 2.45) is 0 Å². The van der Waals surface area contributed by atoms with Crippen LogP contribution in [0.25, 0.3) is 0 Å². The SMILES string of the molecule is CCCCNC(=O)CCn1cccc1. The molecule has 78 valence electrons. The molecular formula is C11H18N2O. The normalized spacial score (nSPS) is 10.1. The molecule has 0 unspecified atom stereocenters. The van der Waals surface area contributed by atoms with Crippen LogP contribution in [0.4, 0.5) is 0 Å². The van der Waals surface area contributed by atoms with Crippen molar-refractivity contribution in [3.05, 3.63) is 24.5 Å². The maximum absolute atomic E-state index is 11.3. The Balaban J connectivity index is 2.09. The zero-order valence-electron chi connectivity index (χ0n) is 8.70. The first-order chi connectivity index (χ1) is 6.83. The van der Waals surface area contributed by atoms with Crippen LogP contribution in [-0.2, 0) is 11.3 Å². The topological polar surface area (TPSA) is 34.0 Å². The van der Waals surface area contributed by atoms with Crippen molar-refractivity contribution in [3.8, 4) is 0 Å². The molecule has 1 aromatic heterocycles. The molecule has 0 aliphatic rings. The third-order valence-corrected chi connectivity index (χ3v) is 2.12. The molecule has 0 aromatic carbocycles. The molecule has 3 nitrogen and oxygen atoms in total. The van der Waals surface area contributed by atoms with Gasteiger partial charge < -0.3 is 9.88 Å². The summed E-state index contributed by atoms with van der Waals surface area (Å²) in [6, 6.07) is 3.93. The average molecular weight is 194 g/mol. The van der Waals surface area contributed by atoms with E-state index in [0.29, 0.717) is 6.42 Å². The van der Waals surface area contributed by atoms with Gasteiger partial charge >= 0.3 is 0 Å². The van der Waals surface area contributed by atoms with Gasteiger partial charge in [-0.3, -0.25) is 4.79 Å². The van der Waals surface area contributed by atoms with Gasteiger partial charge in [0.2, 0.25) is 5.91 Å². The lowest BCUT2D eigenvalue weighted by Crippen LogP contribution is -2.25. The van der Waals surface area contributed by atoms with Gasteiger partial charge in [0.05, 0.1) is 0 Å². The number of hydrogen-bond donors (Lipinski definition) is 1. The standard InChI is InChI=1S/C11H18N2O/c1-2-3-7-12-11(14)6-10-13-8-4-5-9-13/h4-5,8-9H,2-3,6-7,10H2,1H3,(H,12,14). The van der Waals surface area contributed by atoms with Crippen LogP contribution >= 0.6 is 0 Å². The molecule has 1 rings (SSSR count). The van der Waals surface area contributed by atoms with Gasteiger partial charge in [-0.25, -0.2) is 0 Å². The zero-order chi connectivity index (χ0) is 10.2. The number of rotatable bonds is 6. The fourth-order valence-electron chi connectivity index (χ4n) is 1.24. The summed E-state index contributed by atoms with van der Waals surface area (Å²) in [5, 5.41) is 2.89. The smallest absolute Gasteiger partial charge is 0.221 e. The van der Waals surface area contributed by atoms with Gasteiger partial charge in [-0.2, -0.15) is 0 Å². The van der Waals surface area contributed by atoms with Gasteiger partial charge in [0.15, 0.2) is 0 Å².